The highest BCUT2D eigenvalue weighted by atomic mass is 79.9. The minimum Gasteiger partial charge on any atom is -0.369 e. The molecule has 4 rings (SSSR count). The van der Waals surface area contributed by atoms with E-state index in [0.717, 1.165) is 20.8 Å². The number of rotatable bonds is 5. The minimum atomic E-state index is -0.664. The fourth-order valence-electron chi connectivity index (χ4n) is 3.40. The normalized spacial score (nSPS) is 20.5. The summed E-state index contributed by atoms with van der Waals surface area (Å²) in [5.74, 6) is 0.831. The molecule has 26 heavy (non-hydrogen) atoms. The number of carbonyl (C=O) groups excluding carboxylic acids is 1. The summed E-state index contributed by atoms with van der Waals surface area (Å²) in [4.78, 5) is 19.8. The van der Waals surface area contributed by atoms with Crippen molar-refractivity contribution in [3.05, 3.63) is 57.7 Å². The van der Waals surface area contributed by atoms with E-state index in [9.17, 15) is 4.79 Å². The molecule has 3 heterocycles. The van der Waals surface area contributed by atoms with Gasteiger partial charge in [-0.15, -0.1) is 11.3 Å². The molecule has 6 nitrogen and oxygen atoms in total. The Morgan fingerprint density at radius 2 is 2.12 bits per heavy atom. The first-order valence-electron chi connectivity index (χ1n) is 8.23. The fourth-order valence-corrected chi connectivity index (χ4v) is 4.72. The second-order valence-electron chi connectivity index (χ2n) is 6.39. The lowest BCUT2D eigenvalue weighted by Gasteiger charge is -2.26. The number of hydrogen-bond acceptors (Lipinski definition) is 6. The first-order valence-corrected chi connectivity index (χ1v) is 9.84. The SMILES string of the molecule is NC(=O)C1(c2ccccc2)CCN(Cc2nc(-c3ccc(Br)s3)no2)C1. The average Bonchev–Trinajstić information content (AvgIpc) is 3.36. The van der Waals surface area contributed by atoms with Gasteiger partial charge in [0.1, 0.15) is 0 Å². The number of likely N-dealkylation sites (tertiary alicyclic amines) is 1. The van der Waals surface area contributed by atoms with Crippen molar-refractivity contribution in [1.82, 2.24) is 15.0 Å². The van der Waals surface area contributed by atoms with Crippen molar-refractivity contribution in [3.63, 3.8) is 0 Å². The lowest BCUT2D eigenvalue weighted by Crippen LogP contribution is -2.43. The van der Waals surface area contributed by atoms with E-state index in [4.69, 9.17) is 10.3 Å². The zero-order valence-corrected chi connectivity index (χ0v) is 16.3. The summed E-state index contributed by atoms with van der Waals surface area (Å²) < 4.78 is 6.42. The van der Waals surface area contributed by atoms with Crippen LogP contribution in [0, 0.1) is 0 Å². The lowest BCUT2D eigenvalue weighted by molar-refractivity contribution is -0.123. The number of benzene rings is 1. The third-order valence-electron chi connectivity index (χ3n) is 4.77. The number of primary amides is 1. The van der Waals surface area contributed by atoms with E-state index in [1.807, 2.05) is 42.5 Å². The summed E-state index contributed by atoms with van der Waals surface area (Å²) in [7, 11) is 0. The molecule has 0 bridgehead atoms. The van der Waals surface area contributed by atoms with Crippen LogP contribution in [-0.2, 0) is 16.8 Å². The van der Waals surface area contributed by atoms with Gasteiger partial charge in [-0.2, -0.15) is 4.98 Å². The minimum absolute atomic E-state index is 0.291. The molecule has 0 radical (unpaired) electrons. The molecule has 1 atom stereocenters. The van der Waals surface area contributed by atoms with Gasteiger partial charge in [-0.05, 0) is 40.0 Å². The smallest absolute Gasteiger partial charge is 0.241 e. The van der Waals surface area contributed by atoms with Gasteiger partial charge in [0.05, 0.1) is 20.6 Å². The molecule has 1 saturated heterocycles. The highest BCUT2D eigenvalue weighted by Gasteiger charge is 2.44. The van der Waals surface area contributed by atoms with Crippen LogP contribution >= 0.6 is 27.3 Å². The second kappa shape index (κ2) is 6.94. The van der Waals surface area contributed by atoms with Gasteiger partial charge in [-0.3, -0.25) is 9.69 Å². The molecule has 1 aromatic carbocycles. The number of amides is 1. The molecule has 0 spiro atoms. The lowest BCUT2D eigenvalue weighted by atomic mass is 9.79. The Kier molecular flexibility index (Phi) is 4.64. The van der Waals surface area contributed by atoms with Crippen LogP contribution in [0.15, 0.2) is 50.8 Å². The van der Waals surface area contributed by atoms with Crippen LogP contribution in [0.1, 0.15) is 17.9 Å². The van der Waals surface area contributed by atoms with Gasteiger partial charge < -0.3 is 10.3 Å². The number of hydrogen-bond donors (Lipinski definition) is 1. The number of nitrogens with zero attached hydrogens (tertiary/aromatic N) is 3. The van der Waals surface area contributed by atoms with E-state index in [2.05, 4.69) is 31.0 Å². The number of thiophene rings is 1. The van der Waals surface area contributed by atoms with Gasteiger partial charge in [-0.25, -0.2) is 0 Å². The zero-order valence-electron chi connectivity index (χ0n) is 13.9. The van der Waals surface area contributed by atoms with Crippen LogP contribution in [0.3, 0.4) is 0 Å². The third-order valence-corrected chi connectivity index (χ3v) is 6.39. The molecular weight excluding hydrogens is 416 g/mol. The summed E-state index contributed by atoms with van der Waals surface area (Å²) in [5, 5.41) is 4.06. The highest BCUT2D eigenvalue weighted by molar-refractivity contribution is 9.11. The van der Waals surface area contributed by atoms with Crippen molar-refractivity contribution in [3.8, 4) is 10.7 Å². The van der Waals surface area contributed by atoms with Crippen molar-refractivity contribution in [2.24, 2.45) is 5.73 Å². The van der Waals surface area contributed by atoms with E-state index in [1.54, 1.807) is 11.3 Å². The van der Waals surface area contributed by atoms with Crippen LogP contribution in [0.2, 0.25) is 0 Å². The van der Waals surface area contributed by atoms with Gasteiger partial charge in [-0.1, -0.05) is 35.5 Å². The topological polar surface area (TPSA) is 85.3 Å². The molecule has 2 aromatic heterocycles. The van der Waals surface area contributed by atoms with Crippen LogP contribution in [0.25, 0.3) is 10.7 Å². The van der Waals surface area contributed by atoms with E-state index in [-0.39, 0.29) is 5.91 Å². The largest absolute Gasteiger partial charge is 0.369 e. The third kappa shape index (κ3) is 3.20. The quantitative estimate of drug-likeness (QED) is 0.668. The molecular formula is C18H17BrN4O2S. The number of aromatic nitrogens is 2. The molecule has 1 amide bonds. The molecule has 8 heteroatoms. The predicted molar refractivity (Wildman–Crippen MR) is 103 cm³/mol. The Morgan fingerprint density at radius 1 is 1.31 bits per heavy atom. The van der Waals surface area contributed by atoms with Crippen molar-refractivity contribution in [2.75, 3.05) is 13.1 Å². The van der Waals surface area contributed by atoms with Crippen molar-refractivity contribution >= 4 is 33.2 Å². The number of carbonyl (C=O) groups is 1. The van der Waals surface area contributed by atoms with Gasteiger partial charge in [0.25, 0.3) is 0 Å². The van der Waals surface area contributed by atoms with Crippen LogP contribution in [-0.4, -0.2) is 34.0 Å². The standard InChI is InChI=1S/C18H17BrN4O2S/c19-14-7-6-13(26-14)16-21-15(25-22-16)10-23-9-8-18(11-23,17(20)24)12-4-2-1-3-5-12/h1-7H,8-11H2,(H2,20,24). The Labute approximate surface area is 163 Å². The molecule has 134 valence electrons. The van der Waals surface area contributed by atoms with Gasteiger partial charge in [0.15, 0.2) is 0 Å². The van der Waals surface area contributed by atoms with Gasteiger partial charge >= 0.3 is 0 Å². The molecule has 1 aliphatic heterocycles. The molecule has 0 aliphatic carbocycles. The average molecular weight is 433 g/mol. The number of nitrogens with two attached hydrogens (primary N) is 1. The maximum atomic E-state index is 12.3. The van der Waals surface area contributed by atoms with Crippen LogP contribution < -0.4 is 5.73 Å². The monoisotopic (exact) mass is 432 g/mol. The van der Waals surface area contributed by atoms with Crippen LogP contribution in [0.4, 0.5) is 0 Å². The fraction of sp³-hybridized carbons (Fsp3) is 0.278. The van der Waals surface area contributed by atoms with E-state index in [0.29, 0.717) is 31.2 Å². The second-order valence-corrected chi connectivity index (χ2v) is 8.85. The summed E-state index contributed by atoms with van der Waals surface area (Å²) in [6.07, 6.45) is 0.686. The van der Waals surface area contributed by atoms with E-state index < -0.39 is 5.41 Å². The Morgan fingerprint density at radius 3 is 2.81 bits per heavy atom. The Balaban J connectivity index is 1.50. The van der Waals surface area contributed by atoms with Crippen molar-refractivity contribution in [2.45, 2.75) is 18.4 Å². The maximum absolute atomic E-state index is 12.3. The van der Waals surface area contributed by atoms with Crippen molar-refractivity contribution < 1.29 is 9.32 Å². The molecule has 1 fully saturated rings. The van der Waals surface area contributed by atoms with E-state index in [1.165, 1.54) is 0 Å². The van der Waals surface area contributed by atoms with Gasteiger partial charge in [0, 0.05) is 13.1 Å². The maximum Gasteiger partial charge on any atom is 0.241 e. The molecule has 1 aliphatic rings. The molecule has 3 aromatic rings. The summed E-state index contributed by atoms with van der Waals surface area (Å²) in [6.45, 7) is 1.80. The molecule has 1 unspecified atom stereocenters. The summed E-state index contributed by atoms with van der Waals surface area (Å²) >= 11 is 4.99. The Hall–Kier alpha value is -2.03. The number of halogens is 1. The van der Waals surface area contributed by atoms with E-state index >= 15 is 0 Å². The molecule has 0 saturated carbocycles. The van der Waals surface area contributed by atoms with Gasteiger partial charge in [0.2, 0.25) is 17.6 Å². The zero-order chi connectivity index (χ0) is 18.1. The first-order chi connectivity index (χ1) is 12.6. The van der Waals surface area contributed by atoms with Crippen LogP contribution in [0.5, 0.6) is 0 Å². The first kappa shape index (κ1) is 17.4. The Bertz CT molecular complexity index is 926. The summed E-state index contributed by atoms with van der Waals surface area (Å²) in [6, 6.07) is 13.7. The molecule has 2 N–H and O–H groups in total. The van der Waals surface area contributed by atoms with Crippen molar-refractivity contribution in [1.29, 1.82) is 0 Å². The highest BCUT2D eigenvalue weighted by Crippen LogP contribution is 2.35. The summed E-state index contributed by atoms with van der Waals surface area (Å²) in [5.41, 5.74) is 6.08. The predicted octanol–water partition coefficient (Wildman–Crippen LogP) is 3.19.